The molecule has 1 atom stereocenters. The average Bonchev–Trinajstić information content (AvgIpc) is 1.38. The largest absolute Gasteiger partial charge is 1.00 e. The molecule has 0 aliphatic rings. The molecule has 0 spiro atoms. The van der Waals surface area contributed by atoms with Crippen LogP contribution in [0.5, 0.6) is 0 Å². The third-order valence-electron chi connectivity index (χ3n) is 0.0609. The van der Waals surface area contributed by atoms with Crippen LogP contribution in [0.15, 0.2) is 0 Å². The van der Waals surface area contributed by atoms with E-state index in [1.165, 1.54) is 0 Å². The van der Waals surface area contributed by atoms with E-state index in [0.29, 0.717) is 0 Å². The van der Waals surface area contributed by atoms with E-state index in [1.807, 2.05) is 0 Å². The van der Waals surface area contributed by atoms with Crippen molar-refractivity contribution in [1.82, 2.24) is 0 Å². The van der Waals surface area contributed by atoms with Gasteiger partial charge in [-0.1, -0.05) is 0 Å². The van der Waals surface area contributed by atoms with Crippen LogP contribution < -0.4 is 29.6 Å². The van der Waals surface area contributed by atoms with Crippen molar-refractivity contribution < 1.29 is 41.9 Å². The van der Waals surface area contributed by atoms with Crippen LogP contribution >= 0.6 is 12.9 Å². The Balaban J connectivity index is 0. The number of thiol groups is 1. The summed E-state index contributed by atoms with van der Waals surface area (Å²) in [5, 5.41) is 0. The molecular formula is HNaO3S2. The van der Waals surface area contributed by atoms with E-state index in [1.54, 1.807) is 0 Å². The quantitative estimate of drug-likeness (QED) is 0.177. The molecule has 0 bridgehead atoms. The molecule has 0 aliphatic carbocycles. The summed E-state index contributed by atoms with van der Waals surface area (Å²) in [7, 11) is 0. The van der Waals surface area contributed by atoms with Gasteiger partial charge < -0.3 is 4.55 Å². The number of hydrogen-bond acceptors (Lipinski definition) is 4. The van der Waals surface area contributed by atoms with Crippen molar-refractivity contribution >= 4 is 24.3 Å². The Kier molecular flexibility index (Phi) is 11.1. The van der Waals surface area contributed by atoms with Crippen molar-refractivity contribution in [2.24, 2.45) is 0 Å². The molecule has 6 heavy (non-hydrogen) atoms. The van der Waals surface area contributed by atoms with E-state index >= 15 is 0 Å². The summed E-state index contributed by atoms with van der Waals surface area (Å²) in [5.74, 6) is 0. The first-order valence-electron chi connectivity index (χ1n) is 0.683. The fourth-order valence-electron chi connectivity index (χ4n) is 0. The molecule has 1 unspecified atom stereocenters. The molecule has 0 rings (SSSR count). The summed E-state index contributed by atoms with van der Waals surface area (Å²) in [6.07, 6.45) is 0. The van der Waals surface area contributed by atoms with Gasteiger partial charge in [0, 0.05) is 0 Å². The summed E-state index contributed by atoms with van der Waals surface area (Å²) in [4.78, 5) is 0. The third kappa shape index (κ3) is 9.05. The number of rotatable bonds is 1. The minimum atomic E-state index is -2.46. The predicted molar refractivity (Wildman–Crippen MR) is 19.0 cm³/mol. The Labute approximate surface area is 65.9 Å². The smallest absolute Gasteiger partial charge is 0.749 e. The standard InChI is InChI=1S/Na.H2O3S2/c;1-5(2)3-4/h;4H,(H,1,2)/q+1;/p-1. The molecule has 0 heterocycles. The Hall–Kier alpha value is 1.42. The fraction of sp³-hybridized carbons (Fsp3) is 0. The van der Waals surface area contributed by atoms with E-state index < -0.39 is 11.4 Å². The Bertz CT molecular complexity index is 44.1. The van der Waals surface area contributed by atoms with Crippen LogP contribution in [0.25, 0.3) is 0 Å². The monoisotopic (exact) mass is 136 g/mol. The molecule has 3 nitrogen and oxygen atoms in total. The van der Waals surface area contributed by atoms with Crippen molar-refractivity contribution in [2.45, 2.75) is 0 Å². The molecule has 0 N–H and O–H groups in total. The summed E-state index contributed by atoms with van der Waals surface area (Å²) in [6, 6.07) is 0. The first-order valence-corrected chi connectivity index (χ1v) is 2.05. The summed E-state index contributed by atoms with van der Waals surface area (Å²) in [5.41, 5.74) is 0. The number of hydrogen-bond donors (Lipinski definition) is 1. The van der Waals surface area contributed by atoms with Crippen LogP contribution in [-0.4, -0.2) is 8.76 Å². The average molecular weight is 136 g/mol. The normalized spacial score (nSPS) is 12.3. The SMILES string of the molecule is O=S([O-])OS.[Na+]. The maximum atomic E-state index is 9.07. The molecule has 0 radical (unpaired) electrons. The van der Waals surface area contributed by atoms with Crippen molar-refractivity contribution in [2.75, 3.05) is 0 Å². The van der Waals surface area contributed by atoms with Crippen LogP contribution in [0.1, 0.15) is 0 Å². The van der Waals surface area contributed by atoms with Gasteiger partial charge in [0.05, 0.1) is 11.4 Å². The Morgan fingerprint density at radius 2 is 2.00 bits per heavy atom. The maximum Gasteiger partial charge on any atom is 1.00 e. The van der Waals surface area contributed by atoms with E-state index in [0.717, 1.165) is 0 Å². The minimum Gasteiger partial charge on any atom is -0.749 e. The van der Waals surface area contributed by atoms with E-state index in [-0.39, 0.29) is 29.6 Å². The molecule has 0 saturated heterocycles. The topological polar surface area (TPSA) is 49.4 Å². The van der Waals surface area contributed by atoms with Gasteiger partial charge in [-0.3, -0.25) is 0 Å². The maximum absolute atomic E-state index is 9.07. The molecule has 0 saturated carbocycles. The molecule has 0 aromatic heterocycles. The molecule has 0 fully saturated rings. The van der Waals surface area contributed by atoms with Gasteiger partial charge >= 0.3 is 29.6 Å². The molecule has 0 aromatic rings. The van der Waals surface area contributed by atoms with Crippen LogP contribution in [-0.2, 0) is 15.0 Å². The minimum absolute atomic E-state index is 0. The zero-order chi connectivity index (χ0) is 4.28. The Morgan fingerprint density at radius 1 is 1.83 bits per heavy atom. The Morgan fingerprint density at radius 3 is 2.00 bits per heavy atom. The van der Waals surface area contributed by atoms with Gasteiger partial charge in [0.25, 0.3) is 0 Å². The van der Waals surface area contributed by atoms with Gasteiger partial charge in [-0.2, -0.15) is 0 Å². The molecule has 0 amide bonds. The predicted octanol–water partition coefficient (Wildman–Crippen LogP) is -3.35. The second kappa shape index (κ2) is 6.42. The van der Waals surface area contributed by atoms with E-state index in [9.17, 15) is 0 Å². The molecule has 6 heteroatoms. The zero-order valence-electron chi connectivity index (χ0n) is 3.08. The summed E-state index contributed by atoms with van der Waals surface area (Å²) < 4.78 is 21.5. The van der Waals surface area contributed by atoms with Gasteiger partial charge in [0.1, 0.15) is 0 Å². The van der Waals surface area contributed by atoms with Crippen molar-refractivity contribution in [3.63, 3.8) is 0 Å². The summed E-state index contributed by atoms with van der Waals surface area (Å²) in [6.45, 7) is 0. The zero-order valence-corrected chi connectivity index (χ0v) is 6.79. The molecule has 0 aromatic carbocycles. The molecule has 0 aliphatic heterocycles. The molecule has 32 valence electrons. The first kappa shape index (κ1) is 10.4. The van der Waals surface area contributed by atoms with Gasteiger partial charge in [0.2, 0.25) is 0 Å². The second-order valence-electron chi connectivity index (χ2n) is 0.279. The van der Waals surface area contributed by atoms with E-state index in [4.69, 9.17) is 8.76 Å². The van der Waals surface area contributed by atoms with Crippen LogP contribution in [0.4, 0.5) is 0 Å². The van der Waals surface area contributed by atoms with Crippen molar-refractivity contribution in [3.05, 3.63) is 0 Å². The fourth-order valence-corrected chi connectivity index (χ4v) is 0. The van der Waals surface area contributed by atoms with E-state index in [2.05, 4.69) is 16.5 Å². The third-order valence-corrected chi connectivity index (χ3v) is 0.548. The van der Waals surface area contributed by atoms with Crippen LogP contribution in [0.2, 0.25) is 0 Å². The first-order chi connectivity index (χ1) is 2.27. The van der Waals surface area contributed by atoms with Crippen molar-refractivity contribution in [3.8, 4) is 0 Å². The molecular weight excluding hydrogens is 135 g/mol. The van der Waals surface area contributed by atoms with Gasteiger partial charge in [-0.15, -0.1) is 0 Å². The van der Waals surface area contributed by atoms with Crippen molar-refractivity contribution in [1.29, 1.82) is 0 Å². The van der Waals surface area contributed by atoms with Gasteiger partial charge in [-0.25, -0.2) is 7.84 Å². The van der Waals surface area contributed by atoms with Crippen LogP contribution in [0, 0.1) is 0 Å². The van der Waals surface area contributed by atoms with Gasteiger partial charge in [-0.05, 0) is 12.9 Å². The van der Waals surface area contributed by atoms with Gasteiger partial charge in [0.15, 0.2) is 0 Å². The second-order valence-corrected chi connectivity index (χ2v) is 1.28. The summed E-state index contributed by atoms with van der Waals surface area (Å²) >= 11 is 0.444. The van der Waals surface area contributed by atoms with Crippen LogP contribution in [0.3, 0.4) is 0 Å².